The van der Waals surface area contributed by atoms with E-state index in [4.69, 9.17) is 0 Å². The lowest BCUT2D eigenvalue weighted by Crippen LogP contribution is -2.49. The quantitative estimate of drug-likeness (QED) is 0.621. The molecule has 1 aliphatic carbocycles. The number of aliphatic hydroxyl groups is 1. The first-order chi connectivity index (χ1) is 14.1. The van der Waals surface area contributed by atoms with E-state index in [1.165, 1.54) is 5.56 Å². The minimum absolute atomic E-state index is 0.226. The van der Waals surface area contributed by atoms with Gasteiger partial charge in [-0.3, -0.25) is 0 Å². The van der Waals surface area contributed by atoms with Gasteiger partial charge in [0.05, 0.1) is 11.6 Å². The molecule has 0 saturated heterocycles. The summed E-state index contributed by atoms with van der Waals surface area (Å²) in [5.41, 5.74) is 3.56. The molecule has 0 radical (unpaired) electrons. The molecule has 1 atom stereocenters. The predicted octanol–water partition coefficient (Wildman–Crippen LogP) is 4.00. The van der Waals surface area contributed by atoms with Crippen molar-refractivity contribution in [1.29, 1.82) is 0 Å². The maximum atomic E-state index is 12.7. The fraction of sp³-hybridized carbons (Fsp3) is 0.240. The Morgan fingerprint density at radius 2 is 1.41 bits per heavy atom. The van der Waals surface area contributed by atoms with E-state index in [1.807, 2.05) is 72.8 Å². The Labute approximate surface area is 171 Å². The van der Waals surface area contributed by atoms with Gasteiger partial charge in [0, 0.05) is 13.0 Å². The van der Waals surface area contributed by atoms with Gasteiger partial charge in [-0.15, -0.1) is 0 Å². The maximum Gasteiger partial charge on any atom is 0.315 e. The molecule has 0 unspecified atom stereocenters. The molecule has 3 N–H and O–H groups in total. The zero-order chi connectivity index (χ0) is 20.1. The Morgan fingerprint density at radius 3 is 2.03 bits per heavy atom. The van der Waals surface area contributed by atoms with Crippen LogP contribution in [0, 0.1) is 0 Å². The summed E-state index contributed by atoms with van der Waals surface area (Å²) < 4.78 is 0. The first-order valence-electron chi connectivity index (χ1n) is 10.1. The smallest absolute Gasteiger partial charge is 0.315 e. The minimum atomic E-state index is -0.916. The molecule has 0 aromatic heterocycles. The molecule has 3 aromatic rings. The van der Waals surface area contributed by atoms with Crippen molar-refractivity contribution in [2.75, 3.05) is 6.54 Å². The van der Waals surface area contributed by atoms with Crippen molar-refractivity contribution in [3.8, 4) is 0 Å². The number of hydrogen-bond donors (Lipinski definition) is 3. The lowest BCUT2D eigenvalue weighted by Gasteiger charge is -2.34. The highest BCUT2D eigenvalue weighted by Crippen LogP contribution is 2.28. The number of rotatable bonds is 5. The van der Waals surface area contributed by atoms with Crippen LogP contribution in [-0.2, 0) is 12.8 Å². The van der Waals surface area contributed by atoms with Crippen LogP contribution in [0.25, 0.3) is 0 Å². The molecule has 0 bridgehead atoms. The van der Waals surface area contributed by atoms with Gasteiger partial charge in [0.2, 0.25) is 0 Å². The van der Waals surface area contributed by atoms with Crippen LogP contribution in [0.2, 0.25) is 0 Å². The van der Waals surface area contributed by atoms with Gasteiger partial charge < -0.3 is 15.7 Å². The number of benzene rings is 3. The van der Waals surface area contributed by atoms with E-state index in [-0.39, 0.29) is 18.6 Å². The lowest BCUT2D eigenvalue weighted by atomic mass is 9.80. The van der Waals surface area contributed by atoms with Crippen LogP contribution < -0.4 is 10.6 Å². The van der Waals surface area contributed by atoms with Gasteiger partial charge in [-0.2, -0.15) is 0 Å². The Hall–Kier alpha value is -3.11. The molecule has 3 aromatic carbocycles. The highest BCUT2D eigenvalue weighted by Gasteiger charge is 2.32. The van der Waals surface area contributed by atoms with Gasteiger partial charge in [-0.25, -0.2) is 4.79 Å². The van der Waals surface area contributed by atoms with Gasteiger partial charge in [0.15, 0.2) is 0 Å². The summed E-state index contributed by atoms with van der Waals surface area (Å²) in [5, 5.41) is 17.0. The third-order valence-electron chi connectivity index (χ3n) is 5.62. The molecule has 0 heterocycles. The van der Waals surface area contributed by atoms with E-state index < -0.39 is 5.60 Å². The molecule has 0 fully saturated rings. The van der Waals surface area contributed by atoms with E-state index in [0.717, 1.165) is 23.1 Å². The molecule has 2 amide bonds. The standard InChI is InChI=1S/C25H26N2O2/c28-24(26-18-25(29)16-15-19-9-7-8-14-22(19)17-25)27-23(20-10-3-1-4-11-20)21-12-5-2-6-13-21/h1-14,23,29H,15-18H2,(H2,26,27,28)/t25-/m1/s1. The highest BCUT2D eigenvalue weighted by molar-refractivity contribution is 5.75. The number of aryl methyl sites for hydroxylation is 1. The van der Waals surface area contributed by atoms with Crippen molar-refractivity contribution in [2.45, 2.75) is 30.9 Å². The minimum Gasteiger partial charge on any atom is -0.388 e. The number of fused-ring (bicyclic) bond motifs is 1. The molecule has 1 aliphatic rings. The second kappa shape index (κ2) is 8.50. The van der Waals surface area contributed by atoms with Crippen molar-refractivity contribution >= 4 is 6.03 Å². The number of amides is 2. The largest absolute Gasteiger partial charge is 0.388 e. The van der Waals surface area contributed by atoms with Crippen LogP contribution in [0.1, 0.15) is 34.7 Å². The molecule has 0 spiro atoms. The number of carbonyl (C=O) groups is 1. The van der Waals surface area contributed by atoms with Crippen molar-refractivity contribution in [1.82, 2.24) is 10.6 Å². The lowest BCUT2D eigenvalue weighted by molar-refractivity contribution is 0.0290. The summed E-state index contributed by atoms with van der Waals surface area (Å²) in [6.07, 6.45) is 2.03. The first-order valence-corrected chi connectivity index (χ1v) is 10.1. The third kappa shape index (κ3) is 4.66. The Morgan fingerprint density at radius 1 is 0.862 bits per heavy atom. The number of nitrogens with one attached hydrogen (secondary N) is 2. The van der Waals surface area contributed by atoms with Crippen molar-refractivity contribution in [2.24, 2.45) is 0 Å². The molecule has 4 heteroatoms. The number of carbonyl (C=O) groups excluding carboxylic acids is 1. The summed E-state index contributed by atoms with van der Waals surface area (Å²) in [6.45, 7) is 0.226. The van der Waals surface area contributed by atoms with Crippen LogP contribution in [-0.4, -0.2) is 23.3 Å². The van der Waals surface area contributed by atoms with Crippen molar-refractivity contribution in [3.05, 3.63) is 107 Å². The molecule has 4 nitrogen and oxygen atoms in total. The van der Waals surface area contributed by atoms with E-state index in [0.29, 0.717) is 12.8 Å². The molecular formula is C25H26N2O2. The second-order valence-electron chi connectivity index (χ2n) is 7.75. The summed E-state index contributed by atoms with van der Waals surface area (Å²) in [6, 6.07) is 27.5. The molecule has 29 heavy (non-hydrogen) atoms. The average Bonchev–Trinajstić information content (AvgIpc) is 2.77. The van der Waals surface area contributed by atoms with Crippen LogP contribution in [0.5, 0.6) is 0 Å². The monoisotopic (exact) mass is 386 g/mol. The Kier molecular flexibility index (Phi) is 5.63. The van der Waals surface area contributed by atoms with Gasteiger partial charge in [-0.05, 0) is 35.1 Å². The van der Waals surface area contributed by atoms with Gasteiger partial charge >= 0.3 is 6.03 Å². The van der Waals surface area contributed by atoms with Crippen LogP contribution in [0.15, 0.2) is 84.9 Å². The third-order valence-corrected chi connectivity index (χ3v) is 5.62. The SMILES string of the molecule is O=C(NC[C@@]1(O)CCc2ccccc2C1)NC(c1ccccc1)c1ccccc1. The van der Waals surface area contributed by atoms with Gasteiger partial charge in [0.25, 0.3) is 0 Å². The molecule has 0 saturated carbocycles. The van der Waals surface area contributed by atoms with E-state index in [2.05, 4.69) is 22.8 Å². The number of urea groups is 1. The van der Waals surface area contributed by atoms with Crippen LogP contribution >= 0.6 is 0 Å². The van der Waals surface area contributed by atoms with Crippen molar-refractivity contribution < 1.29 is 9.90 Å². The summed E-state index contributed by atoms with van der Waals surface area (Å²) >= 11 is 0. The van der Waals surface area contributed by atoms with Gasteiger partial charge in [0.1, 0.15) is 0 Å². The van der Waals surface area contributed by atoms with Crippen LogP contribution in [0.4, 0.5) is 4.79 Å². The number of hydrogen-bond acceptors (Lipinski definition) is 2. The Balaban J connectivity index is 1.42. The second-order valence-corrected chi connectivity index (χ2v) is 7.75. The molecule has 4 rings (SSSR count). The van der Waals surface area contributed by atoms with Crippen LogP contribution in [0.3, 0.4) is 0 Å². The van der Waals surface area contributed by atoms with Gasteiger partial charge in [-0.1, -0.05) is 84.9 Å². The first kappa shape index (κ1) is 19.2. The molecule has 148 valence electrons. The van der Waals surface area contributed by atoms with E-state index >= 15 is 0 Å². The fourth-order valence-corrected chi connectivity index (χ4v) is 4.01. The summed E-state index contributed by atoms with van der Waals surface area (Å²) in [4.78, 5) is 12.7. The Bertz CT molecular complexity index is 919. The predicted molar refractivity (Wildman–Crippen MR) is 115 cm³/mol. The highest BCUT2D eigenvalue weighted by atomic mass is 16.3. The van der Waals surface area contributed by atoms with E-state index in [1.54, 1.807) is 0 Å². The zero-order valence-corrected chi connectivity index (χ0v) is 16.3. The topological polar surface area (TPSA) is 61.4 Å². The summed E-state index contributed by atoms with van der Waals surface area (Å²) in [7, 11) is 0. The van der Waals surface area contributed by atoms with Crippen molar-refractivity contribution in [3.63, 3.8) is 0 Å². The zero-order valence-electron chi connectivity index (χ0n) is 16.3. The summed E-state index contributed by atoms with van der Waals surface area (Å²) in [5.74, 6) is 0. The molecule has 0 aliphatic heterocycles. The molecular weight excluding hydrogens is 360 g/mol. The average molecular weight is 386 g/mol. The van der Waals surface area contributed by atoms with E-state index in [9.17, 15) is 9.90 Å². The maximum absolute atomic E-state index is 12.7. The normalized spacial score (nSPS) is 18.1. The fourth-order valence-electron chi connectivity index (χ4n) is 4.01.